The second-order valence-corrected chi connectivity index (χ2v) is 6.30. The maximum atomic E-state index is 11.5. The van der Waals surface area contributed by atoms with Crippen LogP contribution in [-0.2, 0) is 27.7 Å². The maximum absolute atomic E-state index is 11.5. The highest BCUT2D eigenvalue weighted by molar-refractivity contribution is 7.90. The molecule has 1 rings (SSSR count). The largest absolute Gasteiger partial charge is 0.390 e. The van der Waals surface area contributed by atoms with Gasteiger partial charge in [0.25, 0.3) is 0 Å². The van der Waals surface area contributed by atoms with Crippen LogP contribution in [0.15, 0.2) is 11.4 Å². The third-order valence-corrected chi connectivity index (χ3v) is 3.36. The van der Waals surface area contributed by atoms with Gasteiger partial charge in [-0.3, -0.25) is 0 Å². The van der Waals surface area contributed by atoms with Crippen molar-refractivity contribution in [3.8, 4) is 0 Å². The molecule has 0 aromatic carbocycles. The Balaban J connectivity index is 2.76. The number of ether oxygens (including phenoxy) is 1. The van der Waals surface area contributed by atoms with E-state index in [9.17, 15) is 8.42 Å². The molecule has 1 heterocycles. The van der Waals surface area contributed by atoms with E-state index in [1.54, 1.807) is 0 Å². The molecule has 0 unspecified atom stereocenters. The van der Waals surface area contributed by atoms with E-state index < -0.39 is 9.84 Å². The molecule has 0 aliphatic carbocycles. The number of aliphatic hydroxyl groups excluding tert-OH is 1. The molecule has 6 nitrogen and oxygen atoms in total. The predicted molar refractivity (Wildman–Crippen MR) is 67.0 cm³/mol. The van der Waals surface area contributed by atoms with E-state index in [2.05, 4.69) is 4.98 Å². The summed E-state index contributed by atoms with van der Waals surface area (Å²) in [4.78, 5) is 3.85. The highest BCUT2D eigenvalue weighted by atomic mass is 32.2. The van der Waals surface area contributed by atoms with Gasteiger partial charge < -0.3 is 14.4 Å². The van der Waals surface area contributed by atoms with Crippen LogP contribution in [-0.4, -0.2) is 42.0 Å². The Hall–Kier alpha value is -0.920. The molecular formula is C11H20N2O4S. The molecule has 0 bridgehead atoms. The molecule has 0 saturated heterocycles. The molecule has 0 aliphatic heterocycles. The van der Waals surface area contributed by atoms with E-state index in [4.69, 9.17) is 9.84 Å². The minimum Gasteiger partial charge on any atom is -0.390 e. The molecule has 0 aliphatic rings. The Morgan fingerprint density at radius 3 is 2.67 bits per heavy atom. The van der Waals surface area contributed by atoms with Gasteiger partial charge in [0.15, 0.2) is 0 Å². The van der Waals surface area contributed by atoms with Crippen molar-refractivity contribution >= 4 is 9.84 Å². The molecule has 1 aromatic heterocycles. The Labute approximate surface area is 108 Å². The molecule has 0 fully saturated rings. The Kier molecular flexibility index (Phi) is 5.30. The maximum Gasteiger partial charge on any atom is 0.227 e. The van der Waals surface area contributed by atoms with Crippen LogP contribution in [0.5, 0.6) is 0 Å². The summed E-state index contributed by atoms with van der Waals surface area (Å²) in [6, 6.07) is 0. The van der Waals surface area contributed by atoms with Gasteiger partial charge in [-0.25, -0.2) is 13.4 Å². The zero-order chi connectivity index (χ0) is 13.8. The second-order valence-electron chi connectivity index (χ2n) is 4.39. The summed E-state index contributed by atoms with van der Waals surface area (Å²) in [7, 11) is -3.38. The Morgan fingerprint density at radius 2 is 2.17 bits per heavy atom. The number of aliphatic hydroxyl groups is 1. The molecule has 0 saturated carbocycles. The average Bonchev–Trinajstić information content (AvgIpc) is 2.66. The fourth-order valence-corrected chi connectivity index (χ4v) is 2.45. The summed E-state index contributed by atoms with van der Waals surface area (Å²) >= 11 is 0. The van der Waals surface area contributed by atoms with E-state index in [1.165, 1.54) is 10.8 Å². The van der Waals surface area contributed by atoms with Crippen LogP contribution in [0.4, 0.5) is 0 Å². The van der Waals surface area contributed by atoms with Crippen molar-refractivity contribution in [2.24, 2.45) is 0 Å². The van der Waals surface area contributed by atoms with E-state index in [0.29, 0.717) is 25.3 Å². The number of rotatable bonds is 7. The molecule has 1 N–H and O–H groups in total. The zero-order valence-electron chi connectivity index (χ0n) is 11.0. The molecule has 1 aromatic rings. The Bertz CT molecular complexity index is 479. The second kappa shape index (κ2) is 6.31. The van der Waals surface area contributed by atoms with E-state index in [1.807, 2.05) is 13.8 Å². The van der Waals surface area contributed by atoms with Crippen LogP contribution >= 0.6 is 0 Å². The minimum atomic E-state index is -3.38. The predicted octanol–water partition coefficient (Wildman–Crippen LogP) is 0.594. The summed E-state index contributed by atoms with van der Waals surface area (Å²) in [5.74, 6) is 0. The normalized spacial score (nSPS) is 12.3. The average molecular weight is 276 g/mol. The van der Waals surface area contributed by atoms with Gasteiger partial charge in [0, 0.05) is 19.4 Å². The van der Waals surface area contributed by atoms with Crippen LogP contribution in [0.2, 0.25) is 0 Å². The number of hydrogen-bond acceptors (Lipinski definition) is 5. The standard InChI is InChI=1S/C11H20N2O4S/c1-9(2)17-6-4-5-13-10(8-14)7-12-11(13)18(3,15)16/h7,9,14H,4-6,8H2,1-3H3. The van der Waals surface area contributed by atoms with Crippen molar-refractivity contribution in [3.63, 3.8) is 0 Å². The van der Waals surface area contributed by atoms with Gasteiger partial charge in [-0.1, -0.05) is 0 Å². The van der Waals surface area contributed by atoms with E-state index in [0.717, 1.165) is 6.26 Å². The first-order valence-electron chi connectivity index (χ1n) is 5.83. The number of sulfone groups is 1. The number of hydrogen-bond donors (Lipinski definition) is 1. The van der Waals surface area contributed by atoms with Crippen LogP contribution in [0.3, 0.4) is 0 Å². The summed E-state index contributed by atoms with van der Waals surface area (Å²) < 4.78 is 30.0. The first-order valence-corrected chi connectivity index (χ1v) is 7.72. The summed E-state index contributed by atoms with van der Waals surface area (Å²) in [6.07, 6.45) is 3.32. The topological polar surface area (TPSA) is 81.4 Å². The molecule has 104 valence electrons. The van der Waals surface area contributed by atoms with Crippen LogP contribution in [0.25, 0.3) is 0 Å². The lowest BCUT2D eigenvalue weighted by Gasteiger charge is -2.11. The lowest BCUT2D eigenvalue weighted by Crippen LogP contribution is -2.14. The first-order chi connectivity index (χ1) is 8.36. The molecule has 7 heteroatoms. The fourth-order valence-electron chi connectivity index (χ4n) is 1.59. The molecular weight excluding hydrogens is 256 g/mol. The number of nitrogens with zero attached hydrogens (tertiary/aromatic N) is 2. The molecule has 0 atom stereocenters. The van der Waals surface area contributed by atoms with Crippen molar-refractivity contribution in [1.82, 2.24) is 9.55 Å². The van der Waals surface area contributed by atoms with Crippen LogP contribution in [0.1, 0.15) is 26.0 Å². The van der Waals surface area contributed by atoms with Crippen molar-refractivity contribution in [3.05, 3.63) is 11.9 Å². The lowest BCUT2D eigenvalue weighted by atomic mass is 10.4. The van der Waals surface area contributed by atoms with Gasteiger partial charge in [-0.05, 0) is 20.3 Å². The third-order valence-electron chi connectivity index (χ3n) is 2.37. The summed E-state index contributed by atoms with van der Waals surface area (Å²) in [5.41, 5.74) is 0.500. The molecule has 0 spiro atoms. The monoisotopic (exact) mass is 276 g/mol. The summed E-state index contributed by atoms with van der Waals surface area (Å²) in [5, 5.41) is 9.15. The molecule has 18 heavy (non-hydrogen) atoms. The molecule has 0 radical (unpaired) electrons. The van der Waals surface area contributed by atoms with E-state index in [-0.39, 0.29) is 17.9 Å². The summed E-state index contributed by atoms with van der Waals surface area (Å²) in [6.45, 7) is 4.67. The smallest absolute Gasteiger partial charge is 0.227 e. The SMILES string of the molecule is CC(C)OCCCn1c(CO)cnc1S(C)(=O)=O. The zero-order valence-corrected chi connectivity index (χ0v) is 11.8. The Morgan fingerprint density at radius 1 is 1.50 bits per heavy atom. The van der Waals surface area contributed by atoms with Crippen LogP contribution < -0.4 is 0 Å². The van der Waals surface area contributed by atoms with Gasteiger partial charge in [-0.2, -0.15) is 0 Å². The van der Waals surface area contributed by atoms with Crippen molar-refractivity contribution in [2.75, 3.05) is 12.9 Å². The van der Waals surface area contributed by atoms with Gasteiger partial charge in [0.2, 0.25) is 15.0 Å². The fraction of sp³-hybridized carbons (Fsp3) is 0.727. The highest BCUT2D eigenvalue weighted by Crippen LogP contribution is 2.12. The van der Waals surface area contributed by atoms with Crippen molar-refractivity contribution < 1.29 is 18.3 Å². The quantitative estimate of drug-likeness (QED) is 0.737. The lowest BCUT2D eigenvalue weighted by molar-refractivity contribution is 0.0741. The van der Waals surface area contributed by atoms with Crippen molar-refractivity contribution in [1.29, 1.82) is 0 Å². The number of aromatic nitrogens is 2. The number of imidazole rings is 1. The van der Waals surface area contributed by atoms with Gasteiger partial charge in [0.05, 0.1) is 24.6 Å². The van der Waals surface area contributed by atoms with Crippen LogP contribution in [0, 0.1) is 0 Å². The molecule has 0 amide bonds. The van der Waals surface area contributed by atoms with Gasteiger partial charge >= 0.3 is 0 Å². The minimum absolute atomic E-state index is 0.00361. The van der Waals surface area contributed by atoms with Crippen molar-refractivity contribution in [2.45, 2.75) is 44.7 Å². The van der Waals surface area contributed by atoms with E-state index >= 15 is 0 Å². The third kappa shape index (κ3) is 4.08. The van der Waals surface area contributed by atoms with Gasteiger partial charge in [-0.15, -0.1) is 0 Å². The first kappa shape index (κ1) is 15.1. The van der Waals surface area contributed by atoms with Gasteiger partial charge in [0.1, 0.15) is 0 Å². The highest BCUT2D eigenvalue weighted by Gasteiger charge is 2.17.